The first kappa shape index (κ1) is 15.1. The molecule has 0 radical (unpaired) electrons. The van der Waals surface area contributed by atoms with Crippen LogP contribution in [0.25, 0.3) is 11.5 Å². The monoisotopic (exact) mass is 312 g/mol. The van der Waals surface area contributed by atoms with E-state index in [1.54, 1.807) is 25.6 Å². The number of ether oxygens (including phenoxy) is 1. The van der Waals surface area contributed by atoms with E-state index in [1.165, 1.54) is 6.20 Å². The van der Waals surface area contributed by atoms with Crippen LogP contribution in [0.1, 0.15) is 5.56 Å². The molecule has 0 unspecified atom stereocenters. The van der Waals surface area contributed by atoms with Crippen molar-refractivity contribution in [2.24, 2.45) is 0 Å². The molecule has 2 aromatic rings. The summed E-state index contributed by atoms with van der Waals surface area (Å²) in [4.78, 5) is 12.7. The molecule has 2 heterocycles. The van der Waals surface area contributed by atoms with E-state index < -0.39 is 0 Å². The third-order valence-corrected chi connectivity index (χ3v) is 3.03. The van der Waals surface area contributed by atoms with Gasteiger partial charge in [-0.25, -0.2) is 15.0 Å². The van der Waals surface area contributed by atoms with Gasteiger partial charge >= 0.3 is 0 Å². The molecular formula is C13H14Cl2N4O. The summed E-state index contributed by atoms with van der Waals surface area (Å²) in [5.41, 5.74) is 1.50. The Labute approximate surface area is 127 Å². The van der Waals surface area contributed by atoms with E-state index in [-0.39, 0.29) is 0 Å². The van der Waals surface area contributed by atoms with Gasteiger partial charge in [-0.2, -0.15) is 0 Å². The lowest BCUT2D eigenvalue weighted by Gasteiger charge is -2.05. The minimum Gasteiger partial charge on any atom is -0.383 e. The smallest absolute Gasteiger partial charge is 0.179 e. The summed E-state index contributed by atoms with van der Waals surface area (Å²) in [6.07, 6.45) is 5.01. The van der Waals surface area contributed by atoms with Crippen molar-refractivity contribution in [2.45, 2.75) is 6.54 Å². The Morgan fingerprint density at radius 3 is 2.55 bits per heavy atom. The van der Waals surface area contributed by atoms with Crippen molar-refractivity contribution in [1.82, 2.24) is 20.3 Å². The number of hydrogen-bond donors (Lipinski definition) is 1. The van der Waals surface area contributed by atoms with Crippen LogP contribution in [0.3, 0.4) is 0 Å². The topological polar surface area (TPSA) is 59.9 Å². The first-order chi connectivity index (χ1) is 9.70. The summed E-state index contributed by atoms with van der Waals surface area (Å²) in [6.45, 7) is 2.14. The lowest BCUT2D eigenvalue weighted by Crippen LogP contribution is -2.18. The molecule has 0 saturated heterocycles. The van der Waals surface area contributed by atoms with Crippen LogP contribution in [-0.2, 0) is 11.3 Å². The number of halogens is 2. The highest BCUT2D eigenvalue weighted by molar-refractivity contribution is 6.35. The van der Waals surface area contributed by atoms with Crippen molar-refractivity contribution in [3.8, 4) is 11.5 Å². The largest absolute Gasteiger partial charge is 0.383 e. The number of nitrogens with one attached hydrogen (secondary N) is 1. The number of rotatable bonds is 6. The summed E-state index contributed by atoms with van der Waals surface area (Å²) < 4.78 is 4.95. The molecule has 7 heteroatoms. The Bertz CT molecular complexity index is 563. The summed E-state index contributed by atoms with van der Waals surface area (Å²) in [5, 5.41) is 4.13. The Balaban J connectivity index is 2.04. The first-order valence-corrected chi connectivity index (χ1v) is 6.78. The summed E-state index contributed by atoms with van der Waals surface area (Å²) in [5.74, 6) is 0.479. The van der Waals surface area contributed by atoms with Gasteiger partial charge in [-0.1, -0.05) is 23.2 Å². The Morgan fingerprint density at radius 1 is 1.15 bits per heavy atom. The number of aromatic nitrogens is 3. The molecular weight excluding hydrogens is 299 g/mol. The highest BCUT2D eigenvalue weighted by Gasteiger charge is 2.08. The third kappa shape index (κ3) is 4.11. The molecule has 2 rings (SSSR count). The van der Waals surface area contributed by atoms with E-state index in [0.29, 0.717) is 34.7 Å². The Hall–Kier alpha value is -1.27. The molecule has 0 saturated carbocycles. The third-order valence-electron chi connectivity index (χ3n) is 2.54. The van der Waals surface area contributed by atoms with Crippen molar-refractivity contribution in [3.63, 3.8) is 0 Å². The Kier molecular flexibility index (Phi) is 5.67. The molecule has 20 heavy (non-hydrogen) atoms. The summed E-state index contributed by atoms with van der Waals surface area (Å²) >= 11 is 11.9. The highest BCUT2D eigenvalue weighted by atomic mass is 35.5. The van der Waals surface area contributed by atoms with E-state index in [1.807, 2.05) is 0 Å². The molecule has 1 N–H and O–H groups in total. The van der Waals surface area contributed by atoms with Crippen LogP contribution < -0.4 is 5.32 Å². The van der Waals surface area contributed by atoms with Crippen molar-refractivity contribution in [3.05, 3.63) is 40.3 Å². The van der Waals surface area contributed by atoms with E-state index in [4.69, 9.17) is 27.9 Å². The minimum absolute atomic E-state index is 0.434. The fourth-order valence-electron chi connectivity index (χ4n) is 1.55. The van der Waals surface area contributed by atoms with Gasteiger partial charge in [-0.3, -0.25) is 0 Å². The summed E-state index contributed by atoms with van der Waals surface area (Å²) in [7, 11) is 1.67. The van der Waals surface area contributed by atoms with Gasteiger partial charge in [-0.15, -0.1) is 0 Å². The lowest BCUT2D eigenvalue weighted by molar-refractivity contribution is 0.199. The van der Waals surface area contributed by atoms with Crippen molar-refractivity contribution < 1.29 is 4.74 Å². The first-order valence-electron chi connectivity index (χ1n) is 6.02. The number of nitrogens with zero attached hydrogens (tertiary/aromatic N) is 3. The van der Waals surface area contributed by atoms with Crippen LogP contribution in [-0.4, -0.2) is 35.2 Å². The van der Waals surface area contributed by atoms with E-state index in [2.05, 4.69) is 20.3 Å². The van der Waals surface area contributed by atoms with E-state index in [9.17, 15) is 0 Å². The number of pyridine rings is 1. The van der Waals surface area contributed by atoms with Gasteiger partial charge in [0.05, 0.1) is 16.7 Å². The van der Waals surface area contributed by atoms with Crippen LogP contribution in [0.4, 0.5) is 0 Å². The molecule has 0 bridgehead atoms. The van der Waals surface area contributed by atoms with Gasteiger partial charge in [0.15, 0.2) is 5.82 Å². The lowest BCUT2D eigenvalue weighted by atomic mass is 10.3. The highest BCUT2D eigenvalue weighted by Crippen LogP contribution is 2.25. The van der Waals surface area contributed by atoms with Crippen molar-refractivity contribution in [2.75, 3.05) is 20.3 Å². The minimum atomic E-state index is 0.434. The second-order valence-corrected chi connectivity index (χ2v) is 4.91. The van der Waals surface area contributed by atoms with Gasteiger partial charge in [0.25, 0.3) is 0 Å². The molecule has 106 valence electrons. The molecule has 0 aliphatic heterocycles. The molecule has 0 aromatic carbocycles. The Morgan fingerprint density at radius 2 is 1.90 bits per heavy atom. The quantitative estimate of drug-likeness (QED) is 0.831. The fourth-order valence-corrected chi connectivity index (χ4v) is 2.02. The molecule has 0 amide bonds. The average molecular weight is 313 g/mol. The van der Waals surface area contributed by atoms with Crippen LogP contribution in [0.5, 0.6) is 0 Å². The maximum Gasteiger partial charge on any atom is 0.179 e. The predicted molar refractivity (Wildman–Crippen MR) is 78.9 cm³/mol. The van der Waals surface area contributed by atoms with Crippen LogP contribution in [0.2, 0.25) is 10.0 Å². The fraction of sp³-hybridized carbons (Fsp3) is 0.308. The van der Waals surface area contributed by atoms with E-state index in [0.717, 1.165) is 12.1 Å². The SMILES string of the molecule is COCCNCc1cnc(-c2ncc(Cl)cc2Cl)nc1. The maximum atomic E-state index is 6.07. The summed E-state index contributed by atoms with van der Waals surface area (Å²) in [6, 6.07) is 1.62. The molecule has 0 aliphatic rings. The molecule has 0 atom stereocenters. The second-order valence-electron chi connectivity index (χ2n) is 4.07. The van der Waals surface area contributed by atoms with Crippen LogP contribution in [0.15, 0.2) is 24.7 Å². The maximum absolute atomic E-state index is 6.07. The molecule has 5 nitrogen and oxygen atoms in total. The molecule has 0 aliphatic carbocycles. The number of hydrogen-bond acceptors (Lipinski definition) is 5. The zero-order valence-corrected chi connectivity index (χ0v) is 12.4. The van der Waals surface area contributed by atoms with Crippen LogP contribution in [0, 0.1) is 0 Å². The predicted octanol–water partition coefficient (Wildman–Crippen LogP) is 2.58. The van der Waals surface area contributed by atoms with Gasteiger partial charge in [0, 0.05) is 44.4 Å². The van der Waals surface area contributed by atoms with Crippen molar-refractivity contribution in [1.29, 1.82) is 0 Å². The zero-order valence-electron chi connectivity index (χ0n) is 10.9. The second kappa shape index (κ2) is 7.50. The van der Waals surface area contributed by atoms with Crippen LogP contribution >= 0.6 is 23.2 Å². The molecule has 0 fully saturated rings. The normalized spacial score (nSPS) is 10.8. The number of methoxy groups -OCH3 is 1. The van der Waals surface area contributed by atoms with Gasteiger partial charge in [-0.05, 0) is 6.07 Å². The average Bonchev–Trinajstić information content (AvgIpc) is 2.45. The molecule has 0 spiro atoms. The van der Waals surface area contributed by atoms with Gasteiger partial charge in [0.1, 0.15) is 5.69 Å². The van der Waals surface area contributed by atoms with Gasteiger partial charge < -0.3 is 10.1 Å². The standard InChI is InChI=1S/C13H14Cl2N4O/c1-20-3-2-16-5-9-6-18-13(19-7-9)12-11(15)4-10(14)8-17-12/h4,6-8,16H,2-3,5H2,1H3. The van der Waals surface area contributed by atoms with Crippen molar-refractivity contribution >= 4 is 23.2 Å². The van der Waals surface area contributed by atoms with Gasteiger partial charge in [0.2, 0.25) is 0 Å². The van der Waals surface area contributed by atoms with E-state index >= 15 is 0 Å². The zero-order chi connectivity index (χ0) is 14.4. The molecule has 2 aromatic heterocycles.